The third kappa shape index (κ3) is 17.8. The molecule has 6 aliphatic carbocycles. The highest BCUT2D eigenvalue weighted by atomic mass is 35.5. The predicted molar refractivity (Wildman–Crippen MR) is 493 cm³/mol. The number of pyridine rings is 1. The van der Waals surface area contributed by atoms with E-state index in [0.29, 0.717) is 166 Å². The van der Waals surface area contributed by atoms with Crippen molar-refractivity contribution in [2.45, 2.75) is 223 Å². The highest BCUT2D eigenvalue weighted by Crippen LogP contribution is 2.58. The van der Waals surface area contributed by atoms with Crippen LogP contribution in [0.4, 0.5) is 57.9 Å². The van der Waals surface area contributed by atoms with E-state index >= 15 is 0 Å². The molecule has 3 aromatic carbocycles. The van der Waals surface area contributed by atoms with Gasteiger partial charge >= 0.3 is 0 Å². The zero-order valence-electron chi connectivity index (χ0n) is 76.7. The van der Waals surface area contributed by atoms with E-state index < -0.39 is 153 Å². The second kappa shape index (κ2) is 36.2. The lowest BCUT2D eigenvalue weighted by Crippen LogP contribution is -2.62. The second-order valence-electron chi connectivity index (χ2n) is 37.5. The first-order valence-electron chi connectivity index (χ1n) is 45.2. The molecule has 33 nitrogen and oxygen atoms in total. The van der Waals surface area contributed by atoms with Crippen LogP contribution < -0.4 is 42.5 Å². The monoisotopic (exact) mass is 1990 g/mol. The van der Waals surface area contributed by atoms with Crippen LogP contribution in [0.3, 0.4) is 0 Å². The minimum atomic E-state index is -3.05. The van der Waals surface area contributed by atoms with Crippen LogP contribution in [0.5, 0.6) is 0 Å². The number of aryl methyl sites for hydroxylation is 2. The van der Waals surface area contributed by atoms with Crippen molar-refractivity contribution in [3.8, 4) is 18.4 Å². The fourth-order valence-electron chi connectivity index (χ4n) is 20.3. The molecule has 0 saturated heterocycles. The Morgan fingerprint density at radius 2 is 0.972 bits per heavy atom. The third-order valence-electron chi connectivity index (χ3n) is 27.9. The SMILES string of the molecule is C#CC1(NC(=O)C(=O)c2c(C)c(C(=O)Nc3ccc(C)c(Cl)c3)n3c2CCC3)CC(F)(F)C1.Cc1c(C(=O)C(=O)NC2(c3cn[nH]n3)CC(F)(F)C2)c2n(c1C(=O)Nc1ccnc(C(C)F)c1F)CCC2.Cc1c(F)cc(NC(=O)c2c(C)c(C(=O)C(=O)NC3(c4nncs4)CC3)c3n2[C@@H]2C[C@@H]2C3)cc1F.Cc1ccc(NC(=O)c2c(C)c(C(=O)C(=O)NC3(c4nncs4)CC3)c3n2[C@@H]2C[C@@H]2C3)cc1C#N. The molecule has 728 valence electrons. The summed E-state index contributed by atoms with van der Waals surface area (Å²) in [6, 6.07) is 16.0. The van der Waals surface area contributed by atoms with Gasteiger partial charge in [0.15, 0.2) is 5.82 Å². The van der Waals surface area contributed by atoms with Crippen molar-refractivity contribution in [1.82, 2.24) is 80.3 Å². The maximum atomic E-state index is 14.7. The second-order valence-corrected chi connectivity index (χ2v) is 39.6. The number of hydrogen-bond acceptors (Lipinski definition) is 22. The minimum Gasteiger partial charge on any atom is -0.340 e. The van der Waals surface area contributed by atoms with E-state index in [4.69, 9.17) is 18.0 Å². The Morgan fingerprint density at radius 3 is 1.40 bits per heavy atom. The van der Waals surface area contributed by atoms with Gasteiger partial charge in [0.25, 0.3) is 82.2 Å². The number of nitriles is 1. The lowest BCUT2D eigenvalue weighted by molar-refractivity contribution is -0.148. The van der Waals surface area contributed by atoms with Crippen molar-refractivity contribution >= 4 is 127 Å². The van der Waals surface area contributed by atoms with Crippen LogP contribution in [0, 0.1) is 101 Å². The molecule has 0 spiro atoms. The Labute approximate surface area is 810 Å². The number of nitrogens with one attached hydrogen (secondary N) is 9. The van der Waals surface area contributed by atoms with Crippen LogP contribution in [-0.2, 0) is 74.6 Å². The fraction of sp³-hybridized carbons (Fsp3) is 0.381. The molecule has 21 rings (SSSR count). The third-order valence-corrected chi connectivity index (χ3v) is 30.1. The Hall–Kier alpha value is -14.6. The molecule has 141 heavy (non-hydrogen) atoms. The minimum absolute atomic E-state index is 0.0141. The molecule has 0 bridgehead atoms. The van der Waals surface area contributed by atoms with Crippen molar-refractivity contribution in [2.75, 3.05) is 21.3 Å². The quantitative estimate of drug-likeness (QED) is 0.0117. The molecule has 4 aliphatic heterocycles. The van der Waals surface area contributed by atoms with E-state index in [-0.39, 0.29) is 80.0 Å². The first-order chi connectivity index (χ1) is 66.9. The van der Waals surface area contributed by atoms with Crippen LogP contribution in [0.2, 0.25) is 5.02 Å². The first kappa shape index (κ1) is 96.7. The van der Waals surface area contributed by atoms with Crippen molar-refractivity contribution in [3.05, 3.63) is 234 Å². The highest BCUT2D eigenvalue weighted by Gasteiger charge is 2.62. The number of benzene rings is 3. The van der Waals surface area contributed by atoms with E-state index in [2.05, 4.69) is 95.3 Å². The van der Waals surface area contributed by atoms with Crippen molar-refractivity contribution in [2.24, 2.45) is 11.8 Å². The molecule has 11 aromatic rings. The van der Waals surface area contributed by atoms with Gasteiger partial charge in [0, 0.05) is 107 Å². The highest BCUT2D eigenvalue weighted by molar-refractivity contribution is 7.09. The van der Waals surface area contributed by atoms with Gasteiger partial charge in [-0.2, -0.15) is 20.7 Å². The van der Waals surface area contributed by atoms with Gasteiger partial charge in [-0.3, -0.25) is 62.5 Å². The number of rotatable bonds is 24. The normalized spacial score (nSPS) is 19.1. The van der Waals surface area contributed by atoms with Gasteiger partial charge < -0.3 is 60.8 Å². The molecule has 5 atom stereocenters. The predicted octanol–water partition coefficient (Wildman–Crippen LogP) is 14.1. The molecule has 12 heterocycles. The van der Waals surface area contributed by atoms with E-state index in [1.165, 1.54) is 48.8 Å². The van der Waals surface area contributed by atoms with Gasteiger partial charge in [-0.25, -0.2) is 35.1 Å². The topological polar surface area (TPSA) is 451 Å². The number of anilines is 4. The zero-order chi connectivity index (χ0) is 101. The molecule has 8 aromatic heterocycles. The smallest absolute Gasteiger partial charge is 0.293 e. The van der Waals surface area contributed by atoms with E-state index in [0.717, 1.165) is 54.9 Å². The largest absolute Gasteiger partial charge is 0.340 e. The molecule has 6 fully saturated rings. The lowest BCUT2D eigenvalue weighted by Gasteiger charge is -2.46. The summed E-state index contributed by atoms with van der Waals surface area (Å²) >= 11 is 8.82. The van der Waals surface area contributed by atoms with Gasteiger partial charge in [0.05, 0.1) is 62.4 Å². The summed E-state index contributed by atoms with van der Waals surface area (Å²) in [5.74, 6) is -14.6. The number of carbonyl (C=O) groups excluding carboxylic acids is 12. The number of aromatic amines is 1. The Balaban J connectivity index is 0.000000124. The van der Waals surface area contributed by atoms with E-state index in [1.54, 1.807) is 77.3 Å². The number of fused-ring (bicyclic) bond motifs is 8. The first-order valence-corrected chi connectivity index (χ1v) is 47.4. The molecule has 1 unspecified atom stereocenters. The van der Waals surface area contributed by atoms with Gasteiger partial charge in [0.1, 0.15) is 78.5 Å². The molecule has 9 N–H and O–H groups in total. The standard InChI is InChI=1S/C25H22N6O3S.C24H22ClF2N3O3.C24H23F4N7O3.C24H21F2N5O3S/c1-12-3-4-16(7-15(12)10-26)28-22(33)20-13(2)19(18-9-14-8-17(14)31(18)20)21(32)23(34)29-25(5-6-25)24-30-27-11-35-24;1-4-23(11-24(26,27)12-23)29-22(33)20(31)18-14(3)19(30-9-5-6-17(18)30)21(32)28-15-8-7-13(2)16(25)10-15;1-11-16(20(36)22(38)32-23(9-24(27,28)10-23)15-8-30-34-33-15)14-4-3-7-35(14)19(11)21(37)31-13-5-6-29-18(12(2)25)17(13)26;1-10-14(25)7-13(8-15(10)26)28-21(33)19-11(2)18(17-6-12-5-16(12)31(17)19)20(32)22(34)29-24(3-4-24)23-30-27-9-35-23/h3-4,7,11,14,17H,5-6,8-9H2,1-2H3,(H,28,33)(H,29,34);1,7-8,10H,5-6,9,11-12H2,2-3H3,(H,28,32)(H,29,33);5-6,8,12H,3-4,7,9-10H2,1-2H3,(H,32,38)(H,29,31,37)(H,30,33,34);7-9,12,16H,3-6H2,1-2H3,(H,28,33)(H,29,34)/t14-,17-;;;12-,16-/m1..1/s1. The number of Topliss-reactive ketones (excluding diaryl/α,β-unsaturated/α-hetero) is 4. The molecule has 8 amide bonds. The molecule has 44 heteroatoms. The van der Waals surface area contributed by atoms with Gasteiger partial charge in [-0.1, -0.05) is 29.7 Å². The van der Waals surface area contributed by atoms with Crippen LogP contribution in [0.15, 0.2) is 78.0 Å². The number of carbonyl (C=O) groups is 12. The van der Waals surface area contributed by atoms with Crippen molar-refractivity contribution in [1.29, 1.82) is 5.26 Å². The molecule has 10 aliphatic rings. The summed E-state index contributed by atoms with van der Waals surface area (Å²) in [6.07, 6.45) is 11.2. The maximum Gasteiger partial charge on any atom is 0.293 e. The van der Waals surface area contributed by atoms with Crippen LogP contribution in [-0.4, -0.2) is 147 Å². The number of ketones is 4. The average Bonchev–Trinajstić information content (AvgIpc) is 1.54. The number of alkyl halides is 5. The molecule has 0 radical (unpaired) electrons. The van der Waals surface area contributed by atoms with Crippen LogP contribution in [0.1, 0.15) is 274 Å². The summed E-state index contributed by atoms with van der Waals surface area (Å²) in [6.45, 7) is 13.4. The Morgan fingerprint density at radius 1 is 0.539 bits per heavy atom. The average molecular weight is 1990 g/mol. The Kier molecular flexibility index (Phi) is 24.9. The summed E-state index contributed by atoms with van der Waals surface area (Å²) in [5, 5.41) is 57.8. The molecular weight excluding hydrogens is 1900 g/mol. The number of hydrogen-bond donors (Lipinski definition) is 9. The summed E-state index contributed by atoms with van der Waals surface area (Å²) in [5.41, 5.74) is 6.67. The Bertz CT molecular complexity index is 7240. The van der Waals surface area contributed by atoms with E-state index in [9.17, 15) is 97.9 Å². The molecular formula is C97H88ClF8N21O12S2. The number of amides is 8. The summed E-state index contributed by atoms with van der Waals surface area (Å²) < 4.78 is 118. The summed E-state index contributed by atoms with van der Waals surface area (Å²) in [7, 11) is 0. The zero-order valence-corrected chi connectivity index (χ0v) is 79.1. The van der Waals surface area contributed by atoms with E-state index in [1.807, 2.05) is 23.0 Å². The number of nitrogens with zero attached hydrogens (tertiary/aromatic N) is 12. The summed E-state index contributed by atoms with van der Waals surface area (Å²) in [4.78, 5) is 162. The number of halogens is 9. The van der Waals surface area contributed by atoms with Gasteiger partial charge in [-0.05, 0) is 220 Å². The number of aromatic nitrogens is 12. The van der Waals surface area contributed by atoms with Crippen molar-refractivity contribution < 1.29 is 92.7 Å². The van der Waals surface area contributed by atoms with Crippen LogP contribution >= 0.6 is 34.3 Å². The van der Waals surface area contributed by atoms with Gasteiger partial charge in [0.2, 0.25) is 0 Å². The van der Waals surface area contributed by atoms with Gasteiger partial charge in [-0.15, -0.1) is 49.5 Å². The van der Waals surface area contributed by atoms with Crippen LogP contribution in [0.25, 0.3) is 0 Å². The maximum absolute atomic E-state index is 14.7. The number of H-pyrrole nitrogens is 1. The number of terminal acetylenes is 1. The lowest BCUT2D eigenvalue weighted by atomic mass is 9.71. The fourth-order valence-corrected chi connectivity index (χ4v) is 22.0. The van der Waals surface area contributed by atoms with Crippen molar-refractivity contribution in [3.63, 3.8) is 0 Å². The molecule has 6 saturated carbocycles.